The lowest BCUT2D eigenvalue weighted by atomic mass is 10.1. The molecule has 1 aromatic carbocycles. The molecule has 5 nitrogen and oxygen atoms in total. The van der Waals surface area contributed by atoms with E-state index >= 15 is 0 Å². The van der Waals surface area contributed by atoms with Gasteiger partial charge in [0, 0.05) is 38.3 Å². The van der Waals surface area contributed by atoms with E-state index in [0.29, 0.717) is 13.1 Å². The van der Waals surface area contributed by atoms with E-state index in [1.54, 1.807) is 0 Å². The van der Waals surface area contributed by atoms with E-state index in [-0.39, 0.29) is 17.7 Å². The first-order valence-electron chi connectivity index (χ1n) is 8.09. The molecular weight excluding hydrogens is 278 g/mol. The van der Waals surface area contributed by atoms with E-state index in [1.807, 2.05) is 40.1 Å². The van der Waals surface area contributed by atoms with E-state index in [9.17, 15) is 9.59 Å². The number of amides is 2. The fraction of sp³-hybridized carbons (Fsp3) is 0.529. The van der Waals surface area contributed by atoms with Gasteiger partial charge in [0.2, 0.25) is 5.91 Å². The van der Waals surface area contributed by atoms with Crippen molar-refractivity contribution in [3.8, 4) is 0 Å². The molecule has 5 heteroatoms. The largest absolute Gasteiger partial charge is 0.341 e. The van der Waals surface area contributed by atoms with Crippen LogP contribution in [-0.2, 0) is 4.79 Å². The quantitative estimate of drug-likeness (QED) is 0.885. The lowest BCUT2D eigenvalue weighted by Gasteiger charge is -2.24. The molecule has 22 heavy (non-hydrogen) atoms. The molecule has 2 saturated heterocycles. The van der Waals surface area contributed by atoms with Crippen LogP contribution in [0.3, 0.4) is 0 Å². The highest BCUT2D eigenvalue weighted by molar-refractivity contribution is 5.94. The molecule has 1 atom stereocenters. The second kappa shape index (κ2) is 6.92. The number of carbonyl (C=O) groups excluding carboxylic acids is 2. The van der Waals surface area contributed by atoms with Gasteiger partial charge in [-0.25, -0.2) is 0 Å². The number of hydrogen-bond acceptors (Lipinski definition) is 3. The Bertz CT molecular complexity index is 526. The maximum Gasteiger partial charge on any atom is 0.253 e. The smallest absolute Gasteiger partial charge is 0.253 e. The number of carbonyl (C=O) groups is 2. The van der Waals surface area contributed by atoms with Crippen LogP contribution in [0.15, 0.2) is 30.3 Å². The van der Waals surface area contributed by atoms with Crippen molar-refractivity contribution in [1.29, 1.82) is 0 Å². The highest BCUT2D eigenvalue weighted by Crippen LogP contribution is 2.15. The van der Waals surface area contributed by atoms with Crippen LogP contribution in [0.5, 0.6) is 0 Å². The summed E-state index contributed by atoms with van der Waals surface area (Å²) in [4.78, 5) is 28.8. The molecule has 2 amide bonds. The molecule has 118 valence electrons. The highest BCUT2D eigenvalue weighted by Gasteiger charge is 2.29. The van der Waals surface area contributed by atoms with E-state index in [1.165, 1.54) is 0 Å². The number of hydrogen-bond donors (Lipinski definition) is 1. The van der Waals surface area contributed by atoms with E-state index in [2.05, 4.69) is 5.32 Å². The van der Waals surface area contributed by atoms with Gasteiger partial charge in [0.1, 0.15) is 0 Å². The number of nitrogens with one attached hydrogen (secondary N) is 1. The summed E-state index contributed by atoms with van der Waals surface area (Å²) in [6.45, 7) is 4.48. The third-order valence-electron chi connectivity index (χ3n) is 4.53. The lowest BCUT2D eigenvalue weighted by Crippen LogP contribution is -2.40. The normalized spacial score (nSPS) is 22.5. The zero-order valence-corrected chi connectivity index (χ0v) is 12.8. The molecule has 1 N–H and O–H groups in total. The Kier molecular flexibility index (Phi) is 4.73. The average molecular weight is 301 g/mol. The average Bonchev–Trinajstić information content (AvgIpc) is 2.99. The first-order chi connectivity index (χ1) is 10.8. The predicted octanol–water partition coefficient (Wildman–Crippen LogP) is 0.971. The highest BCUT2D eigenvalue weighted by atomic mass is 16.2. The zero-order chi connectivity index (χ0) is 15.4. The van der Waals surface area contributed by atoms with Crippen molar-refractivity contribution in [2.45, 2.75) is 12.8 Å². The Labute approximate surface area is 131 Å². The molecule has 0 spiro atoms. The minimum Gasteiger partial charge on any atom is -0.341 e. The third kappa shape index (κ3) is 3.30. The molecule has 2 aliphatic rings. The van der Waals surface area contributed by atoms with Gasteiger partial charge < -0.3 is 15.1 Å². The molecule has 0 saturated carbocycles. The topological polar surface area (TPSA) is 52.7 Å². The molecule has 1 aromatic rings. The van der Waals surface area contributed by atoms with Gasteiger partial charge in [-0.3, -0.25) is 9.59 Å². The van der Waals surface area contributed by atoms with Gasteiger partial charge in [0.25, 0.3) is 5.91 Å². The molecule has 0 radical (unpaired) electrons. The minimum absolute atomic E-state index is 0.0671. The SMILES string of the molecule is O=C(c1ccccc1)N1CCCN(C(=O)C2CCNC2)CC1. The van der Waals surface area contributed by atoms with Gasteiger partial charge in [-0.1, -0.05) is 18.2 Å². The summed E-state index contributed by atoms with van der Waals surface area (Å²) in [5.41, 5.74) is 0.724. The summed E-state index contributed by atoms with van der Waals surface area (Å²) in [5, 5.41) is 3.24. The molecule has 0 bridgehead atoms. The van der Waals surface area contributed by atoms with Gasteiger partial charge in [-0.15, -0.1) is 0 Å². The summed E-state index contributed by atoms with van der Waals surface area (Å²) in [6.07, 6.45) is 1.78. The first-order valence-corrected chi connectivity index (χ1v) is 8.09. The van der Waals surface area contributed by atoms with Crippen molar-refractivity contribution in [2.75, 3.05) is 39.3 Å². The molecule has 3 rings (SSSR count). The molecule has 2 fully saturated rings. The molecule has 1 unspecified atom stereocenters. The first kappa shape index (κ1) is 15.0. The molecular formula is C17H23N3O2. The third-order valence-corrected chi connectivity index (χ3v) is 4.53. The Hall–Kier alpha value is -1.88. The van der Waals surface area contributed by atoms with Gasteiger partial charge in [-0.2, -0.15) is 0 Å². The minimum atomic E-state index is 0.0671. The summed E-state index contributed by atoms with van der Waals surface area (Å²) >= 11 is 0. The van der Waals surface area contributed by atoms with E-state index in [0.717, 1.165) is 44.6 Å². The van der Waals surface area contributed by atoms with Crippen LogP contribution in [0.4, 0.5) is 0 Å². The summed E-state index contributed by atoms with van der Waals surface area (Å²) < 4.78 is 0. The Morgan fingerprint density at radius 1 is 1.00 bits per heavy atom. The Balaban J connectivity index is 1.60. The number of nitrogens with zero attached hydrogens (tertiary/aromatic N) is 2. The lowest BCUT2D eigenvalue weighted by molar-refractivity contribution is -0.134. The van der Waals surface area contributed by atoms with Crippen LogP contribution >= 0.6 is 0 Å². The molecule has 2 aliphatic heterocycles. The van der Waals surface area contributed by atoms with Crippen LogP contribution in [0.25, 0.3) is 0 Å². The molecule has 0 aromatic heterocycles. The van der Waals surface area contributed by atoms with Crippen molar-refractivity contribution in [1.82, 2.24) is 15.1 Å². The Morgan fingerprint density at radius 3 is 2.45 bits per heavy atom. The van der Waals surface area contributed by atoms with Crippen molar-refractivity contribution in [2.24, 2.45) is 5.92 Å². The fourth-order valence-corrected chi connectivity index (χ4v) is 3.23. The predicted molar refractivity (Wildman–Crippen MR) is 84.5 cm³/mol. The fourth-order valence-electron chi connectivity index (χ4n) is 3.23. The second-order valence-electron chi connectivity index (χ2n) is 6.03. The van der Waals surface area contributed by atoms with Crippen LogP contribution in [0.1, 0.15) is 23.2 Å². The van der Waals surface area contributed by atoms with Crippen LogP contribution in [-0.4, -0.2) is 60.9 Å². The van der Waals surface area contributed by atoms with Crippen LogP contribution < -0.4 is 5.32 Å². The van der Waals surface area contributed by atoms with Gasteiger partial charge in [-0.05, 0) is 31.5 Å². The summed E-state index contributed by atoms with van der Waals surface area (Å²) in [7, 11) is 0. The van der Waals surface area contributed by atoms with Crippen molar-refractivity contribution >= 4 is 11.8 Å². The van der Waals surface area contributed by atoms with E-state index < -0.39 is 0 Å². The maximum atomic E-state index is 12.5. The summed E-state index contributed by atoms with van der Waals surface area (Å²) in [6, 6.07) is 9.37. The zero-order valence-electron chi connectivity index (χ0n) is 12.8. The van der Waals surface area contributed by atoms with Gasteiger partial charge >= 0.3 is 0 Å². The van der Waals surface area contributed by atoms with Gasteiger partial charge in [0.15, 0.2) is 0 Å². The van der Waals surface area contributed by atoms with Crippen molar-refractivity contribution in [3.05, 3.63) is 35.9 Å². The Morgan fingerprint density at radius 2 is 1.73 bits per heavy atom. The summed E-state index contributed by atoms with van der Waals surface area (Å²) in [5.74, 6) is 0.438. The standard InChI is InChI=1S/C17H23N3O2/c21-16(14-5-2-1-3-6-14)19-9-4-10-20(12-11-19)17(22)15-7-8-18-13-15/h1-3,5-6,15,18H,4,7-13H2. The van der Waals surface area contributed by atoms with Crippen LogP contribution in [0.2, 0.25) is 0 Å². The second-order valence-corrected chi connectivity index (χ2v) is 6.03. The molecule has 2 heterocycles. The van der Waals surface area contributed by atoms with E-state index in [4.69, 9.17) is 0 Å². The molecule has 0 aliphatic carbocycles. The van der Waals surface area contributed by atoms with Crippen LogP contribution in [0, 0.1) is 5.92 Å². The number of rotatable bonds is 2. The number of benzene rings is 1. The monoisotopic (exact) mass is 301 g/mol. The van der Waals surface area contributed by atoms with Crippen molar-refractivity contribution < 1.29 is 9.59 Å². The van der Waals surface area contributed by atoms with Gasteiger partial charge in [0.05, 0.1) is 5.92 Å². The maximum absolute atomic E-state index is 12.5. The van der Waals surface area contributed by atoms with Crippen molar-refractivity contribution in [3.63, 3.8) is 0 Å².